The summed E-state index contributed by atoms with van der Waals surface area (Å²) in [6.07, 6.45) is -1.46. The van der Waals surface area contributed by atoms with E-state index in [0.717, 1.165) is 30.4 Å². The zero-order valence-electron chi connectivity index (χ0n) is 20.6. The monoisotopic (exact) mass is 512 g/mol. The van der Waals surface area contributed by atoms with Gasteiger partial charge >= 0.3 is 6.18 Å². The second kappa shape index (κ2) is 10.6. The molecule has 11 heteroatoms. The van der Waals surface area contributed by atoms with E-state index in [1.807, 2.05) is 26.1 Å². The lowest BCUT2D eigenvalue weighted by Crippen LogP contribution is -2.57. The molecular weight excluding hydrogens is 485 g/mol. The van der Waals surface area contributed by atoms with Crippen molar-refractivity contribution in [2.24, 2.45) is 0 Å². The average Bonchev–Trinajstić information content (AvgIpc) is 2.86. The van der Waals surface area contributed by atoms with Gasteiger partial charge in [0.25, 0.3) is 5.91 Å². The summed E-state index contributed by atoms with van der Waals surface area (Å²) in [4.78, 5) is 23.1. The molecule has 1 aliphatic heterocycles. The first kappa shape index (κ1) is 26.1. The lowest BCUT2D eigenvalue weighted by molar-refractivity contribution is -0.0589. The predicted molar refractivity (Wildman–Crippen MR) is 135 cm³/mol. The van der Waals surface area contributed by atoms with Crippen LogP contribution in [-0.4, -0.2) is 65.9 Å². The number of alkyl halides is 3. The van der Waals surface area contributed by atoms with Crippen LogP contribution in [0.4, 0.5) is 18.9 Å². The maximum atomic E-state index is 13.0. The average molecular weight is 513 g/mol. The van der Waals surface area contributed by atoms with E-state index in [9.17, 15) is 18.0 Å². The normalized spacial score (nSPS) is 14.1. The highest BCUT2D eigenvalue weighted by atomic mass is 19.4. The molecule has 3 heterocycles. The zero-order chi connectivity index (χ0) is 26.7. The van der Waals surface area contributed by atoms with Crippen molar-refractivity contribution in [2.75, 3.05) is 32.5 Å². The molecule has 37 heavy (non-hydrogen) atoms. The highest BCUT2D eigenvalue weighted by Gasteiger charge is 2.37. The molecule has 0 atom stereocenters. The number of pyridine rings is 2. The van der Waals surface area contributed by atoms with Crippen molar-refractivity contribution in [2.45, 2.75) is 25.6 Å². The molecular formula is C26H27F3N6O2. The topological polar surface area (TPSA) is 103 Å². The Balaban J connectivity index is 1.54. The highest BCUT2D eigenvalue weighted by Crippen LogP contribution is 2.31. The van der Waals surface area contributed by atoms with Crippen LogP contribution in [0.3, 0.4) is 0 Å². The first-order chi connectivity index (χ1) is 17.6. The number of hydrogen-bond acceptors (Lipinski definition) is 7. The number of nitrogens with zero attached hydrogens (tertiary/aromatic N) is 3. The Bertz CT molecular complexity index is 1320. The van der Waals surface area contributed by atoms with Crippen molar-refractivity contribution in [3.63, 3.8) is 0 Å². The number of ether oxygens (including phenoxy) is 1. The molecule has 1 aliphatic rings. The van der Waals surface area contributed by atoms with Gasteiger partial charge in [0, 0.05) is 49.6 Å². The quantitative estimate of drug-likeness (QED) is 0.384. The third-order valence-corrected chi connectivity index (χ3v) is 6.05. The van der Waals surface area contributed by atoms with Gasteiger partial charge in [-0.2, -0.15) is 13.2 Å². The maximum Gasteiger partial charge on any atom is 0.434 e. The molecule has 1 fully saturated rings. The summed E-state index contributed by atoms with van der Waals surface area (Å²) in [6, 6.07) is 10.4. The molecule has 1 amide bonds. The van der Waals surface area contributed by atoms with Crippen LogP contribution >= 0.6 is 0 Å². The summed E-state index contributed by atoms with van der Waals surface area (Å²) in [6.45, 7) is 3.65. The number of benzene rings is 1. The van der Waals surface area contributed by atoms with Crippen LogP contribution in [0.15, 0.2) is 48.8 Å². The van der Waals surface area contributed by atoms with Crippen LogP contribution in [0.5, 0.6) is 11.5 Å². The number of aryl methyl sites for hydroxylation is 1. The Kier molecular flexibility index (Phi) is 7.44. The van der Waals surface area contributed by atoms with E-state index in [1.165, 1.54) is 13.1 Å². The Labute approximate surface area is 212 Å². The number of rotatable bonds is 8. The molecule has 0 spiro atoms. The number of aromatic nitrogens is 2. The van der Waals surface area contributed by atoms with E-state index in [4.69, 9.17) is 10.1 Å². The fraction of sp³-hybridized carbons (Fsp3) is 0.308. The van der Waals surface area contributed by atoms with E-state index in [-0.39, 0.29) is 23.4 Å². The molecule has 194 valence electrons. The number of carbonyl (C=O) groups excluding carboxylic acids is 1. The van der Waals surface area contributed by atoms with Gasteiger partial charge in [0.1, 0.15) is 17.2 Å². The molecule has 2 aromatic heterocycles. The Morgan fingerprint density at radius 1 is 1.16 bits per heavy atom. The molecule has 8 nitrogen and oxygen atoms in total. The lowest BCUT2D eigenvalue weighted by Gasteiger charge is -2.36. The fourth-order valence-corrected chi connectivity index (χ4v) is 4.11. The van der Waals surface area contributed by atoms with Crippen molar-refractivity contribution >= 4 is 17.3 Å². The number of halogens is 3. The minimum absolute atomic E-state index is 0.0177. The first-order valence-electron chi connectivity index (χ1n) is 11.7. The van der Waals surface area contributed by atoms with Crippen molar-refractivity contribution in [1.29, 1.82) is 5.41 Å². The van der Waals surface area contributed by atoms with Gasteiger partial charge in [-0.25, -0.2) is 4.98 Å². The zero-order valence-corrected chi connectivity index (χ0v) is 20.6. The van der Waals surface area contributed by atoms with E-state index in [1.54, 1.807) is 24.4 Å². The summed E-state index contributed by atoms with van der Waals surface area (Å²) in [5.74, 6) is 0.506. The largest absolute Gasteiger partial charge is 0.456 e. The van der Waals surface area contributed by atoms with Crippen LogP contribution < -0.4 is 15.4 Å². The molecule has 3 aromatic rings. The summed E-state index contributed by atoms with van der Waals surface area (Å²) in [5, 5.41) is 13.1. The van der Waals surface area contributed by atoms with E-state index in [0.29, 0.717) is 23.4 Å². The minimum Gasteiger partial charge on any atom is -0.456 e. The van der Waals surface area contributed by atoms with Crippen molar-refractivity contribution in [1.82, 2.24) is 20.2 Å². The van der Waals surface area contributed by atoms with Gasteiger partial charge in [-0.15, -0.1) is 0 Å². The third-order valence-electron chi connectivity index (χ3n) is 6.05. The van der Waals surface area contributed by atoms with Gasteiger partial charge in [-0.05, 0) is 37.2 Å². The van der Waals surface area contributed by atoms with E-state index >= 15 is 0 Å². The molecule has 4 rings (SSSR count). The summed E-state index contributed by atoms with van der Waals surface area (Å²) in [7, 11) is 3.45. The lowest BCUT2D eigenvalue weighted by atomic mass is 9.98. The highest BCUT2D eigenvalue weighted by molar-refractivity contribution is 6.05. The second-order valence-electron chi connectivity index (χ2n) is 8.79. The number of amides is 1. The standard InChI is InChI=1S/C26H27F3N6O2/c1-4-15-9-16(5-6-20(15)25(36)34-17-13-35(3)14-17)21-10-18(7-8-32-21)37-19-11-22(31-2)23(33-12-19)24(30)26(27,28)29/h5-12,17,30-31H,4,13-14H2,1-3H3,(H,34,36). The van der Waals surface area contributed by atoms with Crippen LogP contribution in [-0.2, 0) is 6.42 Å². The second-order valence-corrected chi connectivity index (χ2v) is 8.79. The Morgan fingerprint density at radius 2 is 1.92 bits per heavy atom. The van der Waals surface area contributed by atoms with Crippen LogP contribution in [0.2, 0.25) is 0 Å². The van der Waals surface area contributed by atoms with Crippen molar-refractivity contribution in [3.05, 3.63) is 65.6 Å². The molecule has 1 saturated heterocycles. The molecule has 3 N–H and O–H groups in total. The number of likely N-dealkylation sites (N-methyl/N-ethyl adjacent to an activating group) is 1. The van der Waals surface area contributed by atoms with Gasteiger partial charge in [0.05, 0.1) is 23.6 Å². The minimum atomic E-state index is -4.82. The SMILES string of the molecule is CCc1cc(-c2cc(Oc3cnc(C(=N)C(F)(F)F)c(NC)c3)ccn2)ccc1C(=O)NC1CN(C)C1. The van der Waals surface area contributed by atoms with Crippen LogP contribution in [0.25, 0.3) is 11.3 Å². The molecule has 0 bridgehead atoms. The molecule has 1 aromatic carbocycles. The number of hydrogen-bond donors (Lipinski definition) is 3. The number of nitrogens with one attached hydrogen (secondary N) is 3. The molecule has 0 radical (unpaired) electrons. The Hall–Kier alpha value is -3.99. The van der Waals surface area contributed by atoms with Gasteiger partial charge in [-0.1, -0.05) is 13.0 Å². The first-order valence-corrected chi connectivity index (χ1v) is 11.7. The molecule has 0 saturated carbocycles. The van der Waals surface area contributed by atoms with Crippen molar-refractivity contribution < 1.29 is 22.7 Å². The van der Waals surface area contributed by atoms with Crippen molar-refractivity contribution in [3.8, 4) is 22.8 Å². The van der Waals surface area contributed by atoms with E-state index in [2.05, 4.69) is 25.5 Å². The summed E-state index contributed by atoms with van der Waals surface area (Å²) >= 11 is 0. The van der Waals surface area contributed by atoms with Crippen LogP contribution in [0, 0.1) is 5.41 Å². The summed E-state index contributed by atoms with van der Waals surface area (Å²) in [5.41, 5.74) is 0.882. The smallest absolute Gasteiger partial charge is 0.434 e. The van der Waals surface area contributed by atoms with Gasteiger partial charge in [-0.3, -0.25) is 15.2 Å². The number of carbonyl (C=O) groups is 1. The maximum absolute atomic E-state index is 13.0. The van der Waals surface area contributed by atoms with Gasteiger partial charge in [0.15, 0.2) is 5.71 Å². The van der Waals surface area contributed by atoms with Gasteiger partial charge in [0.2, 0.25) is 0 Å². The molecule has 0 unspecified atom stereocenters. The number of likely N-dealkylation sites (tertiary alicyclic amines) is 1. The van der Waals surface area contributed by atoms with Crippen LogP contribution in [0.1, 0.15) is 28.5 Å². The fourth-order valence-electron chi connectivity index (χ4n) is 4.11. The number of anilines is 1. The van der Waals surface area contributed by atoms with Gasteiger partial charge < -0.3 is 20.3 Å². The molecule has 0 aliphatic carbocycles. The third kappa shape index (κ3) is 5.88. The predicted octanol–water partition coefficient (Wildman–Crippen LogP) is 4.51. The Morgan fingerprint density at radius 3 is 2.57 bits per heavy atom. The van der Waals surface area contributed by atoms with E-state index < -0.39 is 17.6 Å². The summed E-state index contributed by atoms with van der Waals surface area (Å²) < 4.78 is 44.7.